The van der Waals surface area contributed by atoms with Crippen LogP contribution in [-0.2, 0) is 9.84 Å². The van der Waals surface area contributed by atoms with Gasteiger partial charge < -0.3 is 5.32 Å². The SMILES string of the molecule is O=S(=O)(C1=CC=C(C2CCNC2)[CH]C1)c1ccccc1. The van der Waals surface area contributed by atoms with E-state index in [2.05, 4.69) is 11.7 Å². The third-order valence-electron chi connectivity index (χ3n) is 3.93. The van der Waals surface area contributed by atoms with E-state index < -0.39 is 9.84 Å². The maximum absolute atomic E-state index is 12.5. The summed E-state index contributed by atoms with van der Waals surface area (Å²) in [6.45, 7) is 2.05. The van der Waals surface area contributed by atoms with E-state index in [0.717, 1.165) is 19.5 Å². The first-order chi connectivity index (χ1) is 9.68. The lowest BCUT2D eigenvalue weighted by molar-refractivity contribution is 0.600. The maximum atomic E-state index is 12.5. The van der Waals surface area contributed by atoms with Crippen LogP contribution < -0.4 is 5.32 Å². The monoisotopic (exact) mass is 288 g/mol. The number of allylic oxidation sites excluding steroid dienone is 3. The number of hydrogen-bond donors (Lipinski definition) is 1. The van der Waals surface area contributed by atoms with Gasteiger partial charge in [-0.3, -0.25) is 0 Å². The molecule has 1 heterocycles. The quantitative estimate of drug-likeness (QED) is 0.929. The summed E-state index contributed by atoms with van der Waals surface area (Å²) >= 11 is 0. The maximum Gasteiger partial charge on any atom is 0.202 e. The molecule has 1 aliphatic carbocycles. The van der Waals surface area contributed by atoms with Gasteiger partial charge in [0, 0.05) is 11.4 Å². The second kappa shape index (κ2) is 5.54. The second-order valence-electron chi connectivity index (χ2n) is 5.21. The van der Waals surface area contributed by atoms with Crippen LogP contribution in [0.2, 0.25) is 0 Å². The van der Waals surface area contributed by atoms with Gasteiger partial charge in [-0.05, 0) is 49.9 Å². The van der Waals surface area contributed by atoms with E-state index in [0.29, 0.717) is 22.1 Å². The minimum absolute atomic E-state index is 0.374. The highest BCUT2D eigenvalue weighted by atomic mass is 32.2. The van der Waals surface area contributed by atoms with Crippen LogP contribution in [0.1, 0.15) is 12.8 Å². The lowest BCUT2D eigenvalue weighted by Crippen LogP contribution is -2.14. The Bertz CT molecular complexity index is 638. The molecule has 0 aromatic heterocycles. The molecule has 0 amide bonds. The van der Waals surface area contributed by atoms with Gasteiger partial charge in [-0.2, -0.15) is 0 Å². The summed E-state index contributed by atoms with van der Waals surface area (Å²) in [6, 6.07) is 8.63. The highest BCUT2D eigenvalue weighted by molar-refractivity contribution is 7.95. The van der Waals surface area contributed by atoms with Crippen molar-refractivity contribution >= 4 is 9.84 Å². The fourth-order valence-corrected chi connectivity index (χ4v) is 4.10. The number of hydrogen-bond acceptors (Lipinski definition) is 3. The van der Waals surface area contributed by atoms with Crippen LogP contribution in [0.5, 0.6) is 0 Å². The van der Waals surface area contributed by atoms with Gasteiger partial charge in [0.25, 0.3) is 0 Å². The molecule has 1 aromatic rings. The first-order valence-corrected chi connectivity index (χ1v) is 8.41. The third kappa shape index (κ3) is 2.58. The zero-order valence-corrected chi connectivity index (χ0v) is 12.1. The molecule has 105 valence electrons. The van der Waals surface area contributed by atoms with Crippen LogP contribution in [-0.4, -0.2) is 21.5 Å². The summed E-state index contributed by atoms with van der Waals surface area (Å²) in [6.07, 6.45) is 7.44. The van der Waals surface area contributed by atoms with Gasteiger partial charge in [0.05, 0.1) is 4.90 Å². The van der Waals surface area contributed by atoms with Crippen molar-refractivity contribution in [1.29, 1.82) is 0 Å². The van der Waals surface area contributed by atoms with E-state index >= 15 is 0 Å². The molecule has 0 spiro atoms. The molecule has 1 N–H and O–H groups in total. The summed E-state index contributed by atoms with van der Waals surface area (Å²) in [5.41, 5.74) is 1.27. The Balaban J connectivity index is 1.85. The summed E-state index contributed by atoms with van der Waals surface area (Å²) < 4.78 is 25.0. The summed E-state index contributed by atoms with van der Waals surface area (Å²) in [4.78, 5) is 0.859. The fraction of sp³-hybridized carbons (Fsp3) is 0.312. The highest BCUT2D eigenvalue weighted by Crippen LogP contribution is 2.31. The normalized spacial score (nSPS) is 23.3. The van der Waals surface area contributed by atoms with Crippen molar-refractivity contribution in [3.63, 3.8) is 0 Å². The van der Waals surface area contributed by atoms with Crippen LogP contribution >= 0.6 is 0 Å². The van der Waals surface area contributed by atoms with Crippen LogP contribution in [0.25, 0.3) is 0 Å². The van der Waals surface area contributed by atoms with E-state index in [9.17, 15) is 8.42 Å². The molecule has 1 radical (unpaired) electrons. The molecule has 1 unspecified atom stereocenters. The summed E-state index contributed by atoms with van der Waals surface area (Å²) in [7, 11) is -3.34. The minimum Gasteiger partial charge on any atom is -0.316 e. The molecule has 1 fully saturated rings. The predicted octanol–water partition coefficient (Wildman–Crippen LogP) is 2.49. The molecule has 1 aromatic carbocycles. The Morgan fingerprint density at radius 3 is 2.50 bits per heavy atom. The lowest BCUT2D eigenvalue weighted by Gasteiger charge is -2.18. The van der Waals surface area contributed by atoms with Crippen LogP contribution in [0.4, 0.5) is 0 Å². The third-order valence-corrected chi connectivity index (χ3v) is 5.82. The molecule has 3 nitrogen and oxygen atoms in total. The Labute approximate surface area is 120 Å². The van der Waals surface area contributed by atoms with Crippen LogP contribution in [0.3, 0.4) is 0 Å². The molecule has 0 bridgehead atoms. The average molecular weight is 288 g/mol. The molecular weight excluding hydrogens is 270 g/mol. The molecule has 0 saturated carbocycles. The highest BCUT2D eigenvalue weighted by Gasteiger charge is 2.25. The van der Waals surface area contributed by atoms with Gasteiger partial charge in [0.1, 0.15) is 0 Å². The topological polar surface area (TPSA) is 46.2 Å². The van der Waals surface area contributed by atoms with Crippen LogP contribution in [0.15, 0.2) is 57.9 Å². The standard InChI is InChI=1S/C16H18NO2S/c18-20(19,15-4-2-1-3-5-15)16-8-6-13(7-9-16)14-10-11-17-12-14/h1-8,14,17H,9-12H2. The average Bonchev–Trinajstić information content (AvgIpc) is 3.02. The van der Waals surface area contributed by atoms with Gasteiger partial charge in [-0.1, -0.05) is 29.8 Å². The number of benzene rings is 1. The van der Waals surface area contributed by atoms with Crippen molar-refractivity contribution in [2.45, 2.75) is 17.7 Å². The van der Waals surface area contributed by atoms with E-state index in [4.69, 9.17) is 0 Å². The Morgan fingerprint density at radius 1 is 1.10 bits per heavy atom. The van der Waals surface area contributed by atoms with E-state index in [1.165, 1.54) is 5.57 Å². The van der Waals surface area contributed by atoms with Crippen LogP contribution in [0, 0.1) is 12.3 Å². The fourth-order valence-electron chi connectivity index (χ4n) is 2.74. The smallest absolute Gasteiger partial charge is 0.202 e. The van der Waals surface area contributed by atoms with Crippen molar-refractivity contribution in [3.8, 4) is 0 Å². The lowest BCUT2D eigenvalue weighted by atomic mass is 9.91. The van der Waals surface area contributed by atoms with Crippen molar-refractivity contribution in [2.24, 2.45) is 5.92 Å². The van der Waals surface area contributed by atoms with Gasteiger partial charge in [0.15, 0.2) is 0 Å². The molecule has 20 heavy (non-hydrogen) atoms. The summed E-state index contributed by atoms with van der Waals surface area (Å²) in [5.74, 6) is 0.534. The van der Waals surface area contributed by atoms with Gasteiger partial charge in [-0.15, -0.1) is 0 Å². The number of sulfone groups is 1. The van der Waals surface area contributed by atoms with Gasteiger partial charge in [-0.25, -0.2) is 8.42 Å². The number of rotatable bonds is 3. The molecule has 4 heteroatoms. The Morgan fingerprint density at radius 2 is 1.90 bits per heavy atom. The van der Waals surface area contributed by atoms with E-state index in [1.54, 1.807) is 30.3 Å². The van der Waals surface area contributed by atoms with Gasteiger partial charge in [0.2, 0.25) is 9.84 Å². The summed E-state index contributed by atoms with van der Waals surface area (Å²) in [5, 5.41) is 3.34. The van der Waals surface area contributed by atoms with Crippen molar-refractivity contribution in [2.75, 3.05) is 13.1 Å². The molecule has 1 saturated heterocycles. The minimum atomic E-state index is -3.34. The van der Waals surface area contributed by atoms with Gasteiger partial charge >= 0.3 is 0 Å². The zero-order valence-electron chi connectivity index (χ0n) is 11.2. The van der Waals surface area contributed by atoms with Crippen molar-refractivity contribution in [3.05, 3.63) is 59.4 Å². The zero-order chi connectivity index (χ0) is 14.0. The first-order valence-electron chi connectivity index (χ1n) is 6.93. The van der Waals surface area contributed by atoms with Crippen molar-refractivity contribution < 1.29 is 8.42 Å². The first kappa shape index (κ1) is 13.6. The molecule has 1 aliphatic heterocycles. The molecular formula is C16H18NO2S. The molecule has 2 aliphatic rings. The van der Waals surface area contributed by atoms with E-state index in [-0.39, 0.29) is 0 Å². The largest absolute Gasteiger partial charge is 0.316 e. The number of nitrogens with one attached hydrogen (secondary N) is 1. The Kier molecular flexibility index (Phi) is 3.76. The molecule has 1 atom stereocenters. The predicted molar refractivity (Wildman–Crippen MR) is 79.7 cm³/mol. The van der Waals surface area contributed by atoms with Crippen molar-refractivity contribution in [1.82, 2.24) is 5.32 Å². The molecule has 3 rings (SSSR count). The Hall–Kier alpha value is -1.39. The second-order valence-corrected chi connectivity index (χ2v) is 7.22. The van der Waals surface area contributed by atoms with E-state index in [1.807, 2.05) is 12.1 Å².